The molecule has 2 aromatic heterocycles. The summed E-state index contributed by atoms with van der Waals surface area (Å²) in [7, 11) is 3.49. The number of benzene rings is 1. The normalized spacial score (nSPS) is 11.0. The number of hydrogen-bond donors (Lipinski definition) is 1. The highest BCUT2D eigenvalue weighted by Gasteiger charge is 2.11. The van der Waals surface area contributed by atoms with Gasteiger partial charge >= 0.3 is 0 Å². The van der Waals surface area contributed by atoms with Gasteiger partial charge in [-0.1, -0.05) is 0 Å². The Kier molecular flexibility index (Phi) is 2.22. The van der Waals surface area contributed by atoms with Gasteiger partial charge in [-0.05, 0) is 12.1 Å². The average molecular weight is 243 g/mol. The standard InChI is InChI=1S/C12H13N5O/c1-16-7-8(6-14-16)17-11-4-3-9(18-2)5-10(11)15-12(17)13/h3-7H,1-2H3,(H2,13,15). The summed E-state index contributed by atoms with van der Waals surface area (Å²) >= 11 is 0. The molecular weight excluding hydrogens is 230 g/mol. The lowest BCUT2D eigenvalue weighted by Crippen LogP contribution is -1.99. The molecule has 0 aliphatic carbocycles. The molecular formula is C12H13N5O. The molecule has 0 spiro atoms. The molecule has 0 radical (unpaired) electrons. The summed E-state index contributed by atoms with van der Waals surface area (Å²) in [6.07, 6.45) is 3.64. The Balaban J connectivity index is 2.26. The first-order chi connectivity index (χ1) is 8.69. The van der Waals surface area contributed by atoms with Crippen molar-refractivity contribution >= 4 is 17.0 Å². The van der Waals surface area contributed by atoms with Crippen molar-refractivity contribution in [1.82, 2.24) is 19.3 Å². The summed E-state index contributed by atoms with van der Waals surface area (Å²) in [5.41, 5.74) is 8.58. The molecule has 6 heteroatoms. The van der Waals surface area contributed by atoms with E-state index in [1.165, 1.54) is 0 Å². The molecule has 1 aromatic carbocycles. The van der Waals surface area contributed by atoms with E-state index in [4.69, 9.17) is 10.5 Å². The summed E-state index contributed by atoms with van der Waals surface area (Å²) < 4.78 is 8.76. The van der Waals surface area contributed by atoms with Crippen LogP contribution in [0, 0.1) is 0 Å². The summed E-state index contributed by atoms with van der Waals surface area (Å²) in [6.45, 7) is 0. The van der Waals surface area contributed by atoms with Crippen LogP contribution in [0.2, 0.25) is 0 Å². The average Bonchev–Trinajstić information content (AvgIpc) is 2.90. The van der Waals surface area contributed by atoms with Crippen LogP contribution in [0.5, 0.6) is 5.75 Å². The highest BCUT2D eigenvalue weighted by molar-refractivity contribution is 5.82. The van der Waals surface area contributed by atoms with E-state index in [2.05, 4.69) is 10.1 Å². The van der Waals surface area contributed by atoms with Gasteiger partial charge in [0, 0.05) is 19.3 Å². The van der Waals surface area contributed by atoms with Crippen LogP contribution in [0.25, 0.3) is 16.7 Å². The predicted octanol–water partition coefficient (Wildman–Crippen LogP) is 1.35. The summed E-state index contributed by atoms with van der Waals surface area (Å²) in [6, 6.07) is 5.68. The van der Waals surface area contributed by atoms with Crippen LogP contribution in [-0.2, 0) is 7.05 Å². The Morgan fingerprint density at radius 3 is 2.83 bits per heavy atom. The zero-order chi connectivity index (χ0) is 12.7. The van der Waals surface area contributed by atoms with Gasteiger partial charge in [-0.15, -0.1) is 0 Å². The summed E-state index contributed by atoms with van der Waals surface area (Å²) in [5.74, 6) is 1.20. The van der Waals surface area contributed by atoms with Crippen molar-refractivity contribution in [2.24, 2.45) is 7.05 Å². The summed E-state index contributed by atoms with van der Waals surface area (Å²) in [5, 5.41) is 4.14. The lowest BCUT2D eigenvalue weighted by molar-refractivity contribution is 0.415. The van der Waals surface area contributed by atoms with Gasteiger partial charge in [-0.25, -0.2) is 4.98 Å². The molecule has 0 unspecified atom stereocenters. The maximum Gasteiger partial charge on any atom is 0.206 e. The third kappa shape index (κ3) is 1.50. The van der Waals surface area contributed by atoms with E-state index >= 15 is 0 Å². The minimum Gasteiger partial charge on any atom is -0.497 e. The number of nitrogens with zero attached hydrogens (tertiary/aromatic N) is 4. The van der Waals surface area contributed by atoms with Gasteiger partial charge in [0.25, 0.3) is 0 Å². The van der Waals surface area contributed by atoms with Gasteiger partial charge in [-0.2, -0.15) is 5.10 Å². The van der Waals surface area contributed by atoms with E-state index in [1.54, 1.807) is 18.0 Å². The fraction of sp³-hybridized carbons (Fsp3) is 0.167. The van der Waals surface area contributed by atoms with Crippen molar-refractivity contribution in [2.75, 3.05) is 12.8 Å². The fourth-order valence-corrected chi connectivity index (χ4v) is 2.00. The lowest BCUT2D eigenvalue weighted by atomic mass is 10.3. The van der Waals surface area contributed by atoms with Crippen LogP contribution < -0.4 is 10.5 Å². The highest BCUT2D eigenvalue weighted by Crippen LogP contribution is 2.25. The monoisotopic (exact) mass is 243 g/mol. The van der Waals surface area contributed by atoms with Crippen molar-refractivity contribution in [2.45, 2.75) is 0 Å². The van der Waals surface area contributed by atoms with Crippen LogP contribution in [-0.4, -0.2) is 26.4 Å². The molecule has 3 aromatic rings. The van der Waals surface area contributed by atoms with Crippen LogP contribution in [0.15, 0.2) is 30.6 Å². The van der Waals surface area contributed by atoms with Crippen molar-refractivity contribution in [3.63, 3.8) is 0 Å². The number of aryl methyl sites for hydroxylation is 1. The SMILES string of the molecule is COc1ccc2c(c1)nc(N)n2-c1cnn(C)c1. The molecule has 2 heterocycles. The molecule has 0 saturated carbocycles. The first-order valence-electron chi connectivity index (χ1n) is 5.50. The molecule has 0 amide bonds. The van der Waals surface area contributed by atoms with E-state index in [-0.39, 0.29) is 0 Å². The number of aromatic nitrogens is 4. The predicted molar refractivity (Wildman–Crippen MR) is 68.8 cm³/mol. The molecule has 0 atom stereocenters. The molecule has 92 valence electrons. The zero-order valence-electron chi connectivity index (χ0n) is 10.2. The van der Waals surface area contributed by atoms with Gasteiger partial charge in [0.15, 0.2) is 0 Å². The van der Waals surface area contributed by atoms with Gasteiger partial charge in [0.1, 0.15) is 5.75 Å². The number of methoxy groups -OCH3 is 1. The third-order valence-corrected chi connectivity index (χ3v) is 2.84. The number of nitrogens with two attached hydrogens (primary N) is 1. The third-order valence-electron chi connectivity index (χ3n) is 2.84. The Labute approximate surface area is 104 Å². The minimum atomic E-state index is 0.436. The van der Waals surface area contributed by atoms with E-state index in [9.17, 15) is 0 Å². The first-order valence-corrected chi connectivity index (χ1v) is 5.50. The number of nitrogen functional groups attached to an aromatic ring is 1. The lowest BCUT2D eigenvalue weighted by Gasteiger charge is -2.03. The van der Waals surface area contributed by atoms with Crippen LogP contribution in [0.1, 0.15) is 0 Å². The Morgan fingerprint density at radius 2 is 2.17 bits per heavy atom. The molecule has 3 rings (SSSR count). The molecule has 0 bridgehead atoms. The highest BCUT2D eigenvalue weighted by atomic mass is 16.5. The number of hydrogen-bond acceptors (Lipinski definition) is 4. The van der Waals surface area contributed by atoms with Gasteiger partial charge in [0.2, 0.25) is 5.95 Å². The zero-order valence-corrected chi connectivity index (χ0v) is 10.2. The van der Waals surface area contributed by atoms with Gasteiger partial charge in [-0.3, -0.25) is 9.25 Å². The Bertz CT molecular complexity index is 712. The maximum atomic E-state index is 5.96. The first kappa shape index (κ1) is 10.6. The van der Waals surface area contributed by atoms with E-state index in [0.717, 1.165) is 22.5 Å². The number of anilines is 1. The van der Waals surface area contributed by atoms with E-state index in [0.29, 0.717) is 5.95 Å². The topological polar surface area (TPSA) is 70.9 Å². The molecule has 0 saturated heterocycles. The molecule has 0 aliphatic rings. The number of fused-ring (bicyclic) bond motifs is 1. The van der Waals surface area contributed by atoms with Crippen molar-refractivity contribution in [3.8, 4) is 11.4 Å². The molecule has 2 N–H and O–H groups in total. The number of ether oxygens (including phenoxy) is 1. The second-order valence-corrected chi connectivity index (χ2v) is 4.03. The number of rotatable bonds is 2. The van der Waals surface area contributed by atoms with Crippen LogP contribution >= 0.6 is 0 Å². The van der Waals surface area contributed by atoms with E-state index < -0.39 is 0 Å². The van der Waals surface area contributed by atoms with Crippen molar-refractivity contribution in [1.29, 1.82) is 0 Å². The Morgan fingerprint density at radius 1 is 1.33 bits per heavy atom. The van der Waals surface area contributed by atoms with Crippen LogP contribution in [0.4, 0.5) is 5.95 Å². The van der Waals surface area contributed by atoms with Crippen molar-refractivity contribution < 1.29 is 4.74 Å². The fourth-order valence-electron chi connectivity index (χ4n) is 2.00. The number of imidazole rings is 1. The summed E-state index contributed by atoms with van der Waals surface area (Å²) in [4.78, 5) is 4.33. The largest absolute Gasteiger partial charge is 0.497 e. The van der Waals surface area contributed by atoms with Crippen LogP contribution in [0.3, 0.4) is 0 Å². The molecule has 6 nitrogen and oxygen atoms in total. The second-order valence-electron chi connectivity index (χ2n) is 4.03. The quantitative estimate of drug-likeness (QED) is 0.737. The van der Waals surface area contributed by atoms with E-state index in [1.807, 2.05) is 36.0 Å². The molecule has 0 aliphatic heterocycles. The Hall–Kier alpha value is -2.50. The van der Waals surface area contributed by atoms with Crippen molar-refractivity contribution in [3.05, 3.63) is 30.6 Å². The molecule has 0 fully saturated rings. The molecule has 18 heavy (non-hydrogen) atoms. The smallest absolute Gasteiger partial charge is 0.206 e. The van der Waals surface area contributed by atoms with Gasteiger partial charge < -0.3 is 10.5 Å². The van der Waals surface area contributed by atoms with Gasteiger partial charge in [0.05, 0.1) is 30.0 Å². The second kappa shape index (κ2) is 3.76. The maximum absolute atomic E-state index is 5.96. The minimum absolute atomic E-state index is 0.436.